The van der Waals surface area contributed by atoms with Crippen LogP contribution in [0.2, 0.25) is 0 Å². The van der Waals surface area contributed by atoms with E-state index in [1.165, 1.54) is 22.7 Å². The lowest BCUT2D eigenvalue weighted by molar-refractivity contribution is -0.151. The van der Waals surface area contributed by atoms with Crippen LogP contribution in [0.5, 0.6) is 0 Å². The van der Waals surface area contributed by atoms with E-state index in [2.05, 4.69) is 4.98 Å². The first kappa shape index (κ1) is 20.5. The second kappa shape index (κ2) is 8.87. The molecule has 0 radical (unpaired) electrons. The molecule has 2 aromatic heterocycles. The summed E-state index contributed by atoms with van der Waals surface area (Å²) in [5.41, 5.74) is 0. The number of amides is 1. The van der Waals surface area contributed by atoms with Gasteiger partial charge in [0.15, 0.2) is 11.7 Å². The van der Waals surface area contributed by atoms with Crippen molar-refractivity contribution in [1.29, 1.82) is 0 Å². The molecule has 1 fully saturated rings. The number of rotatable bonds is 6. The van der Waals surface area contributed by atoms with Crippen LogP contribution in [0.3, 0.4) is 0 Å². The Morgan fingerprint density at radius 3 is 2.54 bits per heavy atom. The molecule has 0 unspecified atom stereocenters. The van der Waals surface area contributed by atoms with Crippen molar-refractivity contribution in [2.75, 3.05) is 45.3 Å². The minimum absolute atomic E-state index is 0.162. The van der Waals surface area contributed by atoms with E-state index in [0.29, 0.717) is 37.4 Å². The third kappa shape index (κ3) is 4.61. The molecule has 0 aliphatic carbocycles. The lowest BCUT2D eigenvalue weighted by atomic mass is 9.97. The number of esters is 2. The van der Waals surface area contributed by atoms with Crippen LogP contribution in [-0.2, 0) is 19.1 Å². The van der Waals surface area contributed by atoms with Gasteiger partial charge in [0.2, 0.25) is 0 Å². The first-order valence-corrected chi connectivity index (χ1v) is 10.7. The molecule has 0 N–H and O–H groups in total. The molecule has 0 aromatic carbocycles. The van der Waals surface area contributed by atoms with E-state index in [9.17, 15) is 14.4 Å². The Morgan fingerprint density at radius 2 is 1.93 bits per heavy atom. The first-order valence-electron chi connectivity index (χ1n) is 9.08. The Balaban J connectivity index is 1.48. The molecule has 1 saturated heterocycles. The van der Waals surface area contributed by atoms with Gasteiger partial charge in [0.1, 0.15) is 9.71 Å². The molecule has 2 aromatic rings. The summed E-state index contributed by atoms with van der Waals surface area (Å²) in [6.07, 6.45) is 1.14. The zero-order chi connectivity index (χ0) is 20.3. The zero-order valence-corrected chi connectivity index (χ0v) is 17.7. The summed E-state index contributed by atoms with van der Waals surface area (Å²) in [5.74, 6) is -1.13. The van der Waals surface area contributed by atoms with Gasteiger partial charge >= 0.3 is 11.9 Å². The van der Waals surface area contributed by atoms with Gasteiger partial charge in [-0.3, -0.25) is 9.59 Å². The average molecular weight is 426 g/mol. The van der Waals surface area contributed by atoms with Gasteiger partial charge in [-0.1, -0.05) is 11.3 Å². The molecule has 0 saturated carbocycles. The fourth-order valence-electron chi connectivity index (χ4n) is 2.93. The Morgan fingerprint density at radius 1 is 1.21 bits per heavy atom. The summed E-state index contributed by atoms with van der Waals surface area (Å²) in [7, 11) is 3.83. The fraction of sp³-hybridized carbons (Fsp3) is 0.556. The number of hydrogen-bond donors (Lipinski definition) is 0. The molecular formula is C18H23N3O5S2. The monoisotopic (exact) mass is 425 g/mol. The maximum atomic E-state index is 12.3. The molecule has 0 atom stereocenters. The molecule has 10 heteroatoms. The number of carbonyl (C=O) groups excluding carboxylic acids is 3. The zero-order valence-electron chi connectivity index (χ0n) is 16.1. The van der Waals surface area contributed by atoms with Gasteiger partial charge in [-0.25, -0.2) is 9.78 Å². The highest BCUT2D eigenvalue weighted by molar-refractivity contribution is 7.29. The molecule has 3 rings (SSSR count). The van der Waals surface area contributed by atoms with E-state index in [1.807, 2.05) is 19.0 Å². The third-order valence-electron chi connectivity index (χ3n) is 4.46. The number of anilines is 1. The number of aromatic nitrogens is 1. The maximum Gasteiger partial charge on any atom is 0.348 e. The van der Waals surface area contributed by atoms with Crippen molar-refractivity contribution in [1.82, 2.24) is 9.88 Å². The largest absolute Gasteiger partial charge is 0.466 e. The van der Waals surface area contributed by atoms with E-state index in [-0.39, 0.29) is 24.4 Å². The minimum Gasteiger partial charge on any atom is -0.466 e. The Hall–Kier alpha value is -2.20. The number of fused-ring (bicyclic) bond motifs is 1. The molecule has 28 heavy (non-hydrogen) atoms. The second-order valence-electron chi connectivity index (χ2n) is 6.65. The average Bonchev–Trinajstić information content (AvgIpc) is 3.25. The van der Waals surface area contributed by atoms with Crippen LogP contribution in [0, 0.1) is 5.92 Å². The second-order valence-corrected chi connectivity index (χ2v) is 8.69. The molecule has 3 heterocycles. The summed E-state index contributed by atoms with van der Waals surface area (Å²) >= 11 is 2.76. The van der Waals surface area contributed by atoms with E-state index < -0.39 is 5.97 Å². The highest BCUT2D eigenvalue weighted by Gasteiger charge is 2.28. The summed E-state index contributed by atoms with van der Waals surface area (Å²) in [6, 6.07) is 1.75. The summed E-state index contributed by atoms with van der Waals surface area (Å²) < 4.78 is 11.1. The van der Waals surface area contributed by atoms with Gasteiger partial charge in [0, 0.05) is 27.2 Å². The number of nitrogens with zero attached hydrogens (tertiary/aromatic N) is 3. The molecule has 0 spiro atoms. The van der Waals surface area contributed by atoms with Crippen LogP contribution in [0.25, 0.3) is 9.53 Å². The van der Waals surface area contributed by atoms with Gasteiger partial charge in [-0.15, -0.1) is 11.3 Å². The van der Waals surface area contributed by atoms with Crippen molar-refractivity contribution in [2.24, 2.45) is 5.92 Å². The molecule has 1 amide bonds. The van der Waals surface area contributed by atoms with Crippen LogP contribution in [0.4, 0.5) is 5.13 Å². The molecule has 152 valence electrons. The van der Waals surface area contributed by atoms with Gasteiger partial charge in [0.25, 0.3) is 5.91 Å². The summed E-state index contributed by atoms with van der Waals surface area (Å²) in [5, 5.41) is 0.877. The number of piperidine rings is 1. The van der Waals surface area contributed by atoms with E-state index >= 15 is 0 Å². The van der Waals surface area contributed by atoms with E-state index in [0.717, 1.165) is 14.7 Å². The number of thiophene rings is 1. The Kier molecular flexibility index (Phi) is 6.50. The van der Waals surface area contributed by atoms with Crippen molar-refractivity contribution in [3.05, 3.63) is 10.9 Å². The van der Waals surface area contributed by atoms with E-state index in [1.54, 1.807) is 17.9 Å². The maximum absolute atomic E-state index is 12.3. The van der Waals surface area contributed by atoms with Gasteiger partial charge in [0.05, 0.1) is 17.2 Å². The van der Waals surface area contributed by atoms with Gasteiger partial charge in [-0.2, -0.15) is 0 Å². The van der Waals surface area contributed by atoms with Gasteiger partial charge < -0.3 is 19.3 Å². The molecule has 1 aliphatic heterocycles. The topological polar surface area (TPSA) is 89.0 Å². The first-order chi connectivity index (χ1) is 13.4. The lowest BCUT2D eigenvalue weighted by Crippen LogP contribution is -2.42. The highest BCUT2D eigenvalue weighted by atomic mass is 32.1. The summed E-state index contributed by atoms with van der Waals surface area (Å²) in [6.45, 7) is 2.77. The van der Waals surface area contributed by atoms with Gasteiger partial charge in [-0.05, 0) is 25.8 Å². The number of hydrogen-bond acceptors (Lipinski definition) is 9. The van der Waals surface area contributed by atoms with Crippen LogP contribution in [-0.4, -0.2) is 68.1 Å². The highest BCUT2D eigenvalue weighted by Crippen LogP contribution is 2.34. The van der Waals surface area contributed by atoms with Crippen molar-refractivity contribution < 1.29 is 23.9 Å². The standard InChI is InChI=1S/C18H23N3O5S2/c1-4-25-16(23)11-5-7-21(8-6-11)14(22)10-26-17(24)13-9-12-15(27-13)19-18(28-12)20(2)3/h9,11H,4-8,10H2,1-3H3. The Bertz CT molecular complexity index is 836. The van der Waals surface area contributed by atoms with Crippen molar-refractivity contribution in [2.45, 2.75) is 19.8 Å². The summed E-state index contributed by atoms with van der Waals surface area (Å²) in [4.78, 5) is 45.5. The number of carbonyl (C=O) groups is 3. The van der Waals surface area contributed by atoms with Crippen LogP contribution < -0.4 is 4.90 Å². The molecular weight excluding hydrogens is 402 g/mol. The quantitative estimate of drug-likeness (QED) is 0.657. The predicted octanol–water partition coefficient (Wildman–Crippen LogP) is 2.38. The molecule has 0 bridgehead atoms. The molecule has 8 nitrogen and oxygen atoms in total. The molecule has 1 aliphatic rings. The smallest absolute Gasteiger partial charge is 0.348 e. The SMILES string of the molecule is CCOC(=O)C1CCN(C(=O)COC(=O)c2cc3sc(N(C)C)nc3s2)CC1. The fourth-order valence-corrected chi connectivity index (χ4v) is 4.96. The van der Waals surface area contributed by atoms with E-state index in [4.69, 9.17) is 9.47 Å². The van der Waals surface area contributed by atoms with Crippen molar-refractivity contribution in [3.63, 3.8) is 0 Å². The van der Waals surface area contributed by atoms with Crippen molar-refractivity contribution in [3.8, 4) is 0 Å². The normalized spacial score (nSPS) is 14.9. The number of ether oxygens (including phenoxy) is 2. The Labute approximate surface area is 171 Å². The third-order valence-corrected chi connectivity index (χ3v) is 6.76. The van der Waals surface area contributed by atoms with Crippen LogP contribution in [0.15, 0.2) is 6.07 Å². The predicted molar refractivity (Wildman–Crippen MR) is 108 cm³/mol. The van der Waals surface area contributed by atoms with Crippen molar-refractivity contribution >= 4 is 55.2 Å². The number of thiazole rings is 1. The minimum atomic E-state index is -0.517. The van der Waals surface area contributed by atoms with Crippen LogP contribution in [0.1, 0.15) is 29.4 Å². The lowest BCUT2D eigenvalue weighted by Gasteiger charge is -2.30. The van der Waals surface area contributed by atoms with Crippen LogP contribution >= 0.6 is 22.7 Å². The number of likely N-dealkylation sites (tertiary alicyclic amines) is 1.